The number of carbonyl (C=O) groups is 1. The molecule has 10 nitrogen and oxygen atoms in total. The summed E-state index contributed by atoms with van der Waals surface area (Å²) in [6.07, 6.45) is 8.67. The maximum absolute atomic E-state index is 13.9. The van der Waals surface area contributed by atoms with Crippen molar-refractivity contribution in [3.8, 4) is 17.3 Å². The van der Waals surface area contributed by atoms with Crippen LogP contribution in [0, 0.1) is 28.8 Å². The summed E-state index contributed by atoms with van der Waals surface area (Å²) in [6.45, 7) is 2.13. The first-order chi connectivity index (χ1) is 18.9. The molecule has 13 heteroatoms. The summed E-state index contributed by atoms with van der Waals surface area (Å²) >= 11 is 0. The zero-order valence-corrected chi connectivity index (χ0v) is 20.7. The van der Waals surface area contributed by atoms with E-state index in [0.29, 0.717) is 45.4 Å². The quantitative estimate of drug-likeness (QED) is 0.375. The number of nitrogens with zero attached hydrogens (tertiary/aromatic N) is 7. The SMILES string of the molecule is N#CCC1(n2cc(-c3ncnc4[nH]ccc34)cn2)CN(C2CCN(C(=O)Nc3ccc(F)c(F)c3F)CC2)C1. The monoisotopic (exact) mass is 535 g/mol. The lowest BCUT2D eigenvalue weighted by Crippen LogP contribution is -2.66. The van der Waals surface area contributed by atoms with Crippen LogP contribution in [0.3, 0.4) is 0 Å². The van der Waals surface area contributed by atoms with Crippen molar-refractivity contribution in [2.75, 3.05) is 31.5 Å². The molecule has 0 aliphatic carbocycles. The smallest absolute Gasteiger partial charge is 0.321 e. The third kappa shape index (κ3) is 4.36. The molecule has 2 aliphatic heterocycles. The third-order valence-electron chi connectivity index (χ3n) is 7.64. The fourth-order valence-electron chi connectivity index (χ4n) is 5.51. The average Bonchev–Trinajstić information content (AvgIpc) is 3.61. The molecular weight excluding hydrogens is 511 g/mol. The lowest BCUT2D eigenvalue weighted by molar-refractivity contribution is -0.0399. The zero-order valence-electron chi connectivity index (χ0n) is 20.7. The van der Waals surface area contributed by atoms with Crippen molar-refractivity contribution in [2.45, 2.75) is 30.8 Å². The van der Waals surface area contributed by atoms with Gasteiger partial charge in [0.2, 0.25) is 0 Å². The second-order valence-electron chi connectivity index (χ2n) is 9.97. The van der Waals surface area contributed by atoms with Gasteiger partial charge in [0.05, 0.1) is 30.1 Å². The molecule has 3 aromatic heterocycles. The van der Waals surface area contributed by atoms with Gasteiger partial charge in [-0.25, -0.2) is 27.9 Å². The van der Waals surface area contributed by atoms with Crippen molar-refractivity contribution in [3.63, 3.8) is 0 Å². The van der Waals surface area contributed by atoms with Gasteiger partial charge >= 0.3 is 6.03 Å². The second-order valence-corrected chi connectivity index (χ2v) is 9.97. The van der Waals surface area contributed by atoms with E-state index in [2.05, 4.69) is 36.3 Å². The van der Waals surface area contributed by atoms with E-state index in [9.17, 15) is 23.2 Å². The van der Waals surface area contributed by atoms with Crippen molar-refractivity contribution >= 4 is 22.8 Å². The lowest BCUT2D eigenvalue weighted by Gasteiger charge is -2.53. The van der Waals surface area contributed by atoms with E-state index < -0.39 is 34.7 Å². The van der Waals surface area contributed by atoms with Crippen LogP contribution in [-0.4, -0.2) is 72.8 Å². The van der Waals surface area contributed by atoms with Crippen LogP contribution in [-0.2, 0) is 5.54 Å². The topological polar surface area (TPSA) is 119 Å². The van der Waals surface area contributed by atoms with E-state index in [0.717, 1.165) is 34.4 Å². The Morgan fingerprint density at radius 2 is 1.95 bits per heavy atom. The van der Waals surface area contributed by atoms with Gasteiger partial charge in [-0.1, -0.05) is 0 Å². The molecule has 1 aromatic carbocycles. The molecule has 39 heavy (non-hydrogen) atoms. The normalized spacial score (nSPS) is 17.6. The van der Waals surface area contributed by atoms with Crippen LogP contribution < -0.4 is 5.32 Å². The minimum absolute atomic E-state index is 0.206. The van der Waals surface area contributed by atoms with Gasteiger partial charge in [0.15, 0.2) is 17.5 Å². The van der Waals surface area contributed by atoms with Gasteiger partial charge in [0.25, 0.3) is 0 Å². The average molecular weight is 536 g/mol. The number of piperidine rings is 1. The van der Waals surface area contributed by atoms with Gasteiger partial charge in [-0.3, -0.25) is 9.58 Å². The molecule has 0 saturated carbocycles. The number of amides is 2. The Morgan fingerprint density at radius 3 is 2.72 bits per heavy atom. The summed E-state index contributed by atoms with van der Waals surface area (Å²) in [5, 5.41) is 17.4. The van der Waals surface area contributed by atoms with E-state index in [1.54, 1.807) is 6.20 Å². The first-order valence-corrected chi connectivity index (χ1v) is 12.5. The maximum atomic E-state index is 13.9. The fraction of sp³-hybridized carbons (Fsp3) is 0.346. The molecule has 5 heterocycles. The lowest BCUT2D eigenvalue weighted by atomic mass is 9.84. The number of rotatable bonds is 5. The number of H-pyrrole nitrogens is 1. The van der Waals surface area contributed by atoms with E-state index >= 15 is 0 Å². The minimum Gasteiger partial charge on any atom is -0.346 e. The van der Waals surface area contributed by atoms with E-state index in [-0.39, 0.29) is 6.04 Å². The number of benzene rings is 1. The van der Waals surface area contributed by atoms with Crippen molar-refractivity contribution in [3.05, 3.63) is 60.6 Å². The Morgan fingerprint density at radius 1 is 1.15 bits per heavy atom. The molecule has 2 amide bonds. The molecule has 0 radical (unpaired) electrons. The summed E-state index contributed by atoms with van der Waals surface area (Å²) in [5.41, 5.74) is 1.49. The first-order valence-electron chi connectivity index (χ1n) is 12.5. The van der Waals surface area contributed by atoms with Crippen LogP contribution in [0.15, 0.2) is 43.1 Å². The molecule has 200 valence electrons. The highest BCUT2D eigenvalue weighted by molar-refractivity contribution is 5.90. The summed E-state index contributed by atoms with van der Waals surface area (Å²) in [5.74, 6) is -4.36. The Hall–Kier alpha value is -4.44. The minimum atomic E-state index is -1.62. The summed E-state index contributed by atoms with van der Waals surface area (Å²) in [7, 11) is 0. The van der Waals surface area contributed by atoms with E-state index in [4.69, 9.17) is 0 Å². The molecular formula is C26H24F3N9O. The number of halogens is 3. The Kier molecular flexibility index (Phi) is 6.19. The van der Waals surface area contributed by atoms with Crippen LogP contribution >= 0.6 is 0 Å². The maximum Gasteiger partial charge on any atom is 0.321 e. The number of hydrogen-bond donors (Lipinski definition) is 2. The molecule has 0 unspecified atom stereocenters. The number of carbonyl (C=O) groups excluding carboxylic acids is 1. The number of urea groups is 1. The number of likely N-dealkylation sites (tertiary alicyclic amines) is 2. The molecule has 0 bridgehead atoms. The number of fused-ring (bicyclic) bond motifs is 1. The number of nitriles is 1. The van der Waals surface area contributed by atoms with Crippen molar-refractivity contribution in [1.29, 1.82) is 5.26 Å². The van der Waals surface area contributed by atoms with Crippen LogP contribution in [0.1, 0.15) is 19.3 Å². The van der Waals surface area contributed by atoms with Crippen molar-refractivity contribution in [2.24, 2.45) is 0 Å². The van der Waals surface area contributed by atoms with E-state index in [1.165, 1.54) is 11.2 Å². The largest absolute Gasteiger partial charge is 0.346 e. The number of aromatic amines is 1. The predicted molar refractivity (Wildman–Crippen MR) is 135 cm³/mol. The molecule has 2 saturated heterocycles. The number of aromatic nitrogens is 5. The summed E-state index contributed by atoms with van der Waals surface area (Å²) in [6, 6.07) is 5.63. The molecule has 0 spiro atoms. The highest BCUT2D eigenvalue weighted by Gasteiger charge is 2.48. The Balaban J connectivity index is 1.09. The number of anilines is 1. The second kappa shape index (κ2) is 9.70. The van der Waals surface area contributed by atoms with Gasteiger partial charge < -0.3 is 15.2 Å². The predicted octanol–water partition coefficient (Wildman–Crippen LogP) is 3.86. The fourth-order valence-corrected chi connectivity index (χ4v) is 5.51. The molecule has 4 aromatic rings. The van der Waals surface area contributed by atoms with Gasteiger partial charge in [-0.15, -0.1) is 0 Å². The number of hydrogen-bond acceptors (Lipinski definition) is 6. The summed E-state index contributed by atoms with van der Waals surface area (Å²) < 4.78 is 42.5. The third-order valence-corrected chi connectivity index (χ3v) is 7.64. The zero-order chi connectivity index (χ0) is 27.1. The van der Waals surface area contributed by atoms with Crippen molar-refractivity contribution < 1.29 is 18.0 Å². The molecule has 0 atom stereocenters. The van der Waals surface area contributed by atoms with Crippen LogP contribution in [0.4, 0.5) is 23.7 Å². The van der Waals surface area contributed by atoms with Crippen LogP contribution in [0.25, 0.3) is 22.3 Å². The highest BCUT2D eigenvalue weighted by atomic mass is 19.2. The van der Waals surface area contributed by atoms with Gasteiger partial charge in [0.1, 0.15) is 17.5 Å². The molecule has 6 rings (SSSR count). The molecule has 2 fully saturated rings. The van der Waals surface area contributed by atoms with Gasteiger partial charge in [0, 0.05) is 55.6 Å². The number of nitrogens with one attached hydrogen (secondary N) is 2. The Labute approximate surface area is 221 Å². The van der Waals surface area contributed by atoms with E-state index in [1.807, 2.05) is 23.1 Å². The van der Waals surface area contributed by atoms with Gasteiger partial charge in [-0.2, -0.15) is 10.4 Å². The first kappa shape index (κ1) is 24.9. The van der Waals surface area contributed by atoms with Crippen LogP contribution in [0.5, 0.6) is 0 Å². The standard InChI is InChI=1S/C26H24F3N9O/c27-19-1-2-20(22(29)21(19)28)35-25(39)36-9-4-17(5-10-36)37-13-26(14-37,6-7-30)38-12-16(11-34-38)23-18-3-8-31-24(18)33-15-32-23/h1-3,8,11-12,15,17H,4-6,9-10,13-14H2,(H,35,39)(H,31,32,33). The van der Waals surface area contributed by atoms with Gasteiger partial charge in [-0.05, 0) is 31.0 Å². The molecule has 2 aliphatic rings. The van der Waals surface area contributed by atoms with Crippen LogP contribution in [0.2, 0.25) is 0 Å². The Bertz CT molecular complexity index is 1580. The summed E-state index contributed by atoms with van der Waals surface area (Å²) in [4.78, 5) is 28.2. The molecule has 2 N–H and O–H groups in total. The highest BCUT2D eigenvalue weighted by Crippen LogP contribution is 2.37. The van der Waals surface area contributed by atoms with Crippen molar-refractivity contribution in [1.82, 2.24) is 34.5 Å².